The number of aromatic nitrogens is 4. The fourth-order valence-electron chi connectivity index (χ4n) is 2.64. The molecule has 0 saturated heterocycles. The van der Waals surface area contributed by atoms with Gasteiger partial charge in [-0.2, -0.15) is 5.10 Å². The number of H-pyrrole nitrogens is 1. The molecule has 1 aliphatic rings. The molecule has 0 radical (unpaired) electrons. The van der Waals surface area contributed by atoms with Gasteiger partial charge in [0.1, 0.15) is 23.2 Å². The quantitative estimate of drug-likeness (QED) is 0.584. The largest absolute Gasteiger partial charge is 0.347 e. The number of hydrogen-bond acceptors (Lipinski definition) is 6. The van der Waals surface area contributed by atoms with Crippen LogP contribution in [0.15, 0.2) is 35.8 Å². The molecule has 4 rings (SSSR count). The summed E-state index contributed by atoms with van der Waals surface area (Å²) in [7, 11) is 0. The van der Waals surface area contributed by atoms with E-state index < -0.39 is 0 Å². The maximum atomic E-state index is 11.4. The van der Waals surface area contributed by atoms with Gasteiger partial charge in [0, 0.05) is 23.8 Å². The molecule has 0 saturated carbocycles. The second-order valence-electron chi connectivity index (χ2n) is 5.15. The van der Waals surface area contributed by atoms with Crippen molar-refractivity contribution in [3.8, 4) is 0 Å². The first-order valence-electron chi connectivity index (χ1n) is 7.01. The summed E-state index contributed by atoms with van der Waals surface area (Å²) in [6.45, 7) is 1.22. The van der Waals surface area contributed by atoms with Crippen LogP contribution < -0.4 is 0 Å². The van der Waals surface area contributed by atoms with Gasteiger partial charge < -0.3 is 4.98 Å². The normalized spacial score (nSPS) is 14.3. The highest BCUT2D eigenvalue weighted by atomic mass is 32.2. The zero-order valence-corrected chi connectivity index (χ0v) is 12.8. The summed E-state index contributed by atoms with van der Waals surface area (Å²) >= 11 is 1.66. The Labute approximate surface area is 134 Å². The molecule has 0 atom stereocenters. The second-order valence-corrected chi connectivity index (χ2v) is 6.23. The standard InChI is InChI=1S/C14H12N6O2S/c21-20(22)12-4-9(6-19-8-15-7-17-19)3-10-5-11(18-13(10)12)14-16-1-2-23-14/h3-5,7-8,18H,1-2,6H2. The molecule has 0 spiro atoms. The summed E-state index contributed by atoms with van der Waals surface area (Å²) in [6.07, 6.45) is 3.03. The van der Waals surface area contributed by atoms with Crippen LogP contribution in [0.4, 0.5) is 5.69 Å². The first-order valence-corrected chi connectivity index (χ1v) is 7.99. The van der Waals surface area contributed by atoms with Gasteiger partial charge in [-0.3, -0.25) is 15.1 Å². The molecular weight excluding hydrogens is 316 g/mol. The van der Waals surface area contributed by atoms with E-state index in [1.807, 2.05) is 12.1 Å². The van der Waals surface area contributed by atoms with E-state index in [-0.39, 0.29) is 10.6 Å². The van der Waals surface area contributed by atoms with Crippen molar-refractivity contribution in [1.82, 2.24) is 19.7 Å². The highest BCUT2D eigenvalue weighted by Gasteiger charge is 2.19. The van der Waals surface area contributed by atoms with Crippen LogP contribution >= 0.6 is 11.8 Å². The molecule has 1 aliphatic heterocycles. The van der Waals surface area contributed by atoms with Crippen molar-refractivity contribution >= 4 is 33.4 Å². The lowest BCUT2D eigenvalue weighted by Gasteiger charge is -2.02. The Morgan fingerprint density at radius 3 is 3.00 bits per heavy atom. The van der Waals surface area contributed by atoms with Gasteiger partial charge in [-0.05, 0) is 17.7 Å². The zero-order chi connectivity index (χ0) is 15.8. The summed E-state index contributed by atoms with van der Waals surface area (Å²) in [6, 6.07) is 5.43. The van der Waals surface area contributed by atoms with Gasteiger partial charge in [-0.1, -0.05) is 0 Å². The minimum absolute atomic E-state index is 0.0625. The minimum Gasteiger partial charge on any atom is -0.347 e. The van der Waals surface area contributed by atoms with Gasteiger partial charge in [0.15, 0.2) is 0 Å². The molecule has 0 amide bonds. The predicted molar refractivity (Wildman–Crippen MR) is 87.9 cm³/mol. The molecule has 1 aromatic carbocycles. The van der Waals surface area contributed by atoms with Crippen LogP contribution in [0, 0.1) is 10.1 Å². The van der Waals surface area contributed by atoms with Crippen LogP contribution in [0.5, 0.6) is 0 Å². The Morgan fingerprint density at radius 1 is 1.39 bits per heavy atom. The van der Waals surface area contributed by atoms with Crippen LogP contribution in [0.2, 0.25) is 0 Å². The van der Waals surface area contributed by atoms with Crippen molar-refractivity contribution in [3.05, 3.63) is 52.2 Å². The highest BCUT2D eigenvalue weighted by Crippen LogP contribution is 2.30. The van der Waals surface area contributed by atoms with Crippen molar-refractivity contribution < 1.29 is 4.92 Å². The first-order chi connectivity index (χ1) is 11.2. The lowest BCUT2D eigenvalue weighted by Crippen LogP contribution is -2.01. The summed E-state index contributed by atoms with van der Waals surface area (Å²) in [5.41, 5.74) is 2.24. The third-order valence-electron chi connectivity index (χ3n) is 3.59. The maximum Gasteiger partial charge on any atom is 0.293 e. The van der Waals surface area contributed by atoms with Gasteiger partial charge >= 0.3 is 0 Å². The molecule has 0 unspecified atom stereocenters. The molecule has 3 heterocycles. The van der Waals surface area contributed by atoms with Gasteiger partial charge in [0.2, 0.25) is 0 Å². The molecule has 0 aliphatic carbocycles. The molecule has 9 heteroatoms. The van der Waals surface area contributed by atoms with Gasteiger partial charge in [-0.15, -0.1) is 11.8 Å². The Kier molecular flexibility index (Phi) is 3.34. The zero-order valence-electron chi connectivity index (χ0n) is 12.0. The molecule has 8 nitrogen and oxygen atoms in total. The van der Waals surface area contributed by atoms with Gasteiger partial charge in [0.05, 0.1) is 17.2 Å². The maximum absolute atomic E-state index is 11.4. The molecule has 23 heavy (non-hydrogen) atoms. The number of aromatic amines is 1. The number of non-ortho nitro benzene ring substituents is 1. The summed E-state index contributed by atoms with van der Waals surface area (Å²) < 4.78 is 1.63. The Balaban J connectivity index is 1.82. The fourth-order valence-corrected chi connectivity index (χ4v) is 3.46. The SMILES string of the molecule is O=[N+]([O-])c1cc(Cn2cncn2)cc2cc(C3=NCCS3)[nH]c12. The van der Waals surface area contributed by atoms with E-state index in [0.717, 1.165) is 34.0 Å². The summed E-state index contributed by atoms with van der Waals surface area (Å²) in [4.78, 5) is 22.5. The van der Waals surface area contributed by atoms with Crippen molar-refractivity contribution in [2.24, 2.45) is 4.99 Å². The lowest BCUT2D eigenvalue weighted by molar-refractivity contribution is -0.383. The van der Waals surface area contributed by atoms with Gasteiger partial charge in [-0.25, -0.2) is 9.67 Å². The number of hydrogen-bond donors (Lipinski definition) is 1. The smallest absolute Gasteiger partial charge is 0.293 e. The van der Waals surface area contributed by atoms with Crippen LogP contribution in [-0.2, 0) is 6.54 Å². The van der Waals surface area contributed by atoms with E-state index in [9.17, 15) is 10.1 Å². The number of aliphatic imine (C=N–C) groups is 1. The van der Waals surface area contributed by atoms with Crippen LogP contribution in [-0.4, -0.2) is 42.0 Å². The topological polar surface area (TPSA) is 102 Å². The Hall–Kier alpha value is -2.68. The molecule has 116 valence electrons. The summed E-state index contributed by atoms with van der Waals surface area (Å²) in [5.74, 6) is 0.949. The number of nitro groups is 1. The molecule has 0 bridgehead atoms. The monoisotopic (exact) mass is 328 g/mol. The number of thioether (sulfide) groups is 1. The van der Waals surface area contributed by atoms with Crippen LogP contribution in [0.25, 0.3) is 10.9 Å². The minimum atomic E-state index is -0.364. The number of nitro benzene ring substituents is 1. The van der Waals surface area contributed by atoms with E-state index in [1.54, 1.807) is 28.8 Å². The average molecular weight is 328 g/mol. The first kappa shape index (κ1) is 13.9. The number of benzene rings is 1. The molecule has 3 aromatic rings. The fraction of sp³-hybridized carbons (Fsp3) is 0.214. The summed E-state index contributed by atoms with van der Waals surface area (Å²) in [5, 5.41) is 17.2. The van der Waals surface area contributed by atoms with E-state index in [0.29, 0.717) is 12.1 Å². The predicted octanol–water partition coefficient (Wildman–Crippen LogP) is 2.21. The van der Waals surface area contributed by atoms with Gasteiger partial charge in [0.25, 0.3) is 5.69 Å². The van der Waals surface area contributed by atoms with Crippen LogP contribution in [0.1, 0.15) is 11.3 Å². The van der Waals surface area contributed by atoms with E-state index in [1.165, 1.54) is 6.33 Å². The number of rotatable bonds is 4. The lowest BCUT2D eigenvalue weighted by atomic mass is 10.1. The number of nitrogens with one attached hydrogen (secondary N) is 1. The van der Waals surface area contributed by atoms with E-state index in [4.69, 9.17) is 0 Å². The van der Waals surface area contributed by atoms with E-state index in [2.05, 4.69) is 20.1 Å². The van der Waals surface area contributed by atoms with Crippen molar-refractivity contribution in [2.45, 2.75) is 6.54 Å². The van der Waals surface area contributed by atoms with Crippen LogP contribution in [0.3, 0.4) is 0 Å². The molecular formula is C14H12N6O2S. The molecule has 2 aromatic heterocycles. The second kappa shape index (κ2) is 5.51. The number of nitrogens with zero attached hydrogens (tertiary/aromatic N) is 5. The Morgan fingerprint density at radius 2 is 2.30 bits per heavy atom. The number of fused-ring (bicyclic) bond motifs is 1. The van der Waals surface area contributed by atoms with Crippen molar-refractivity contribution in [3.63, 3.8) is 0 Å². The Bertz CT molecular complexity index is 915. The van der Waals surface area contributed by atoms with Crippen molar-refractivity contribution in [1.29, 1.82) is 0 Å². The molecule has 1 N–H and O–H groups in total. The third kappa shape index (κ3) is 2.59. The third-order valence-corrected chi connectivity index (χ3v) is 4.60. The molecule has 0 fully saturated rings. The van der Waals surface area contributed by atoms with E-state index >= 15 is 0 Å². The van der Waals surface area contributed by atoms with Crippen molar-refractivity contribution in [2.75, 3.05) is 12.3 Å². The average Bonchev–Trinajstić information content (AvgIpc) is 3.27. The highest BCUT2D eigenvalue weighted by molar-refractivity contribution is 8.14.